The summed E-state index contributed by atoms with van der Waals surface area (Å²) >= 11 is 6.47. The SMILES string of the molecule is CC(C)C[Si]12O[Si]3(CCCn4nnc5ccc(Cl)cc54)O[Si]4(CC(C)C)O[Si](CC(C)C)(O1)O[Si]1(CC(C)C)O[Si](CC(C)C)(O2)O[Si](CC(C)C)(O3)O[Si](CC(C)C)(O4)O1. The topological polar surface area (TPSA) is 141 Å². The van der Waals surface area contributed by atoms with Crippen molar-refractivity contribution in [3.05, 3.63) is 23.2 Å². The van der Waals surface area contributed by atoms with E-state index in [0.29, 0.717) is 66.3 Å². The van der Waals surface area contributed by atoms with Crippen LogP contribution in [0.25, 0.3) is 11.0 Å². The maximum absolute atomic E-state index is 7.89. The van der Waals surface area contributed by atoms with Gasteiger partial charge in [0.15, 0.2) is 0 Å². The zero-order chi connectivity index (χ0) is 44.4. The molecule has 61 heavy (non-hydrogen) atoms. The van der Waals surface area contributed by atoms with Gasteiger partial charge in [-0.2, -0.15) is 0 Å². The van der Waals surface area contributed by atoms with Gasteiger partial charge in [0.1, 0.15) is 5.52 Å². The molecule has 0 amide bonds. The summed E-state index contributed by atoms with van der Waals surface area (Å²) in [7, 11) is -31.9. The molecule has 2 aromatic rings. The number of hydrogen-bond donors (Lipinski definition) is 0. The van der Waals surface area contributed by atoms with E-state index in [1.54, 1.807) is 0 Å². The fourth-order valence-electron chi connectivity index (χ4n) is 9.42. The summed E-state index contributed by atoms with van der Waals surface area (Å²) in [6.45, 7) is 30.8. The number of nitrogens with zero attached hydrogens (tertiary/aromatic N) is 3. The monoisotopic (exact) mass is 1010 g/mol. The van der Waals surface area contributed by atoms with Crippen molar-refractivity contribution in [2.24, 2.45) is 41.4 Å². The average Bonchev–Trinajstić information content (AvgIpc) is 3.40. The molecule has 0 aliphatic carbocycles. The van der Waals surface area contributed by atoms with Gasteiger partial charge in [0, 0.05) is 59.9 Å². The standard InChI is InChI=1S/C37H72ClN3O12Si8/c1-28(2)21-55-42-54(19-15-18-41-37-20-35(38)16-17-36(37)39-40-41)43-56(22-29(3)4)47-58(45-55,24-31(7)8)51-61(27-34(13)14)52-59(46-55,25-32(9)10)48-57(44-54,23-30(5)6)50-60(49-56,53-61)26-33(11)12/h16-17,20,28-34H,15,18-19,21-27H2,1-14H3. The van der Waals surface area contributed by atoms with Crippen molar-refractivity contribution in [2.75, 3.05) is 0 Å². The summed E-state index contributed by atoms with van der Waals surface area (Å²) < 4.78 is 96.1. The first-order valence-electron chi connectivity index (χ1n) is 22.8. The van der Waals surface area contributed by atoms with Crippen LogP contribution in [-0.4, -0.2) is 85.4 Å². The van der Waals surface area contributed by atoms with Crippen LogP contribution in [0.15, 0.2) is 18.2 Å². The third kappa shape index (κ3) is 11.0. The molecule has 0 atom stereocenters. The Labute approximate surface area is 378 Å². The normalized spacial score (nSPS) is 37.5. The molecule has 6 saturated heterocycles. The quantitative estimate of drug-likeness (QED) is 0.131. The number of rotatable bonds is 18. The Balaban J connectivity index is 1.52. The Bertz CT molecular complexity index is 1710. The molecule has 6 aliphatic rings. The first-order chi connectivity index (χ1) is 28.4. The summed E-state index contributed by atoms with van der Waals surface area (Å²) in [5.74, 6) is 0.681. The lowest BCUT2D eigenvalue weighted by atomic mass is 10.3. The summed E-state index contributed by atoms with van der Waals surface area (Å²) in [4.78, 5) is 0. The molecular weight excluding hydrogens is 939 g/mol. The van der Waals surface area contributed by atoms with Gasteiger partial charge in [-0.3, -0.25) is 0 Å². The van der Waals surface area contributed by atoms with Crippen LogP contribution in [0.5, 0.6) is 0 Å². The molecule has 6 fully saturated rings. The number of hydrogen-bond acceptors (Lipinski definition) is 14. The molecule has 0 radical (unpaired) electrons. The van der Waals surface area contributed by atoms with Gasteiger partial charge in [-0.25, -0.2) is 4.68 Å². The molecule has 24 heteroatoms. The Morgan fingerprint density at radius 2 is 0.721 bits per heavy atom. The van der Waals surface area contributed by atoms with E-state index in [-0.39, 0.29) is 41.4 Å². The highest BCUT2D eigenvalue weighted by atomic mass is 35.5. The maximum atomic E-state index is 7.89. The smallest absolute Gasteiger partial charge is 0.373 e. The minimum atomic E-state index is -4.09. The molecule has 8 bridgehead atoms. The third-order valence-corrected chi connectivity index (χ3v) is 50.9. The van der Waals surface area contributed by atoms with Gasteiger partial charge in [-0.1, -0.05) is 114 Å². The van der Waals surface area contributed by atoms with Gasteiger partial charge >= 0.3 is 70.4 Å². The first-order valence-corrected chi connectivity index (χ1v) is 38.6. The Morgan fingerprint density at radius 1 is 0.443 bits per heavy atom. The molecule has 0 N–H and O–H groups in total. The van der Waals surface area contributed by atoms with Crippen molar-refractivity contribution in [2.45, 2.75) is 158 Å². The molecule has 0 spiro atoms. The van der Waals surface area contributed by atoms with Crippen molar-refractivity contribution in [1.29, 1.82) is 0 Å². The highest BCUT2D eigenvalue weighted by Crippen LogP contribution is 2.56. The third-order valence-electron chi connectivity index (χ3n) is 10.7. The molecule has 0 unspecified atom stereocenters. The van der Waals surface area contributed by atoms with Gasteiger partial charge in [0.05, 0.1) is 5.52 Å². The second-order valence-corrected chi connectivity index (χ2v) is 45.4. The lowest BCUT2D eigenvalue weighted by molar-refractivity contribution is -0.0341. The van der Waals surface area contributed by atoms with Crippen molar-refractivity contribution in [1.82, 2.24) is 15.0 Å². The van der Waals surface area contributed by atoms with Crippen LogP contribution >= 0.6 is 11.6 Å². The summed E-state index contributed by atoms with van der Waals surface area (Å²) in [6, 6.07) is 9.18. The number of aromatic nitrogens is 3. The average molecular weight is 1010 g/mol. The van der Waals surface area contributed by atoms with Gasteiger partial charge in [0.2, 0.25) is 0 Å². The lowest BCUT2D eigenvalue weighted by Gasteiger charge is -2.64. The van der Waals surface area contributed by atoms with Crippen LogP contribution < -0.4 is 0 Å². The van der Waals surface area contributed by atoms with E-state index in [1.807, 2.05) is 22.9 Å². The van der Waals surface area contributed by atoms with Crippen LogP contribution in [0.3, 0.4) is 0 Å². The van der Waals surface area contributed by atoms with Crippen LogP contribution in [-0.2, 0) is 55.9 Å². The highest BCUT2D eigenvalue weighted by molar-refractivity contribution is 7.03. The fourth-order valence-corrected chi connectivity index (χ4v) is 61.1. The van der Waals surface area contributed by atoms with E-state index in [9.17, 15) is 0 Å². The number of halogens is 1. The Hall–Kier alpha value is 0.165. The van der Waals surface area contributed by atoms with Gasteiger partial charge < -0.3 is 49.4 Å². The molecule has 1 aromatic carbocycles. The Kier molecular flexibility index (Phi) is 14.5. The van der Waals surface area contributed by atoms with E-state index in [0.717, 1.165) is 11.0 Å². The molecule has 1 aromatic heterocycles. The van der Waals surface area contributed by atoms with Crippen molar-refractivity contribution in [3.63, 3.8) is 0 Å². The lowest BCUT2D eigenvalue weighted by Crippen LogP contribution is -2.88. The van der Waals surface area contributed by atoms with Crippen molar-refractivity contribution in [3.8, 4) is 0 Å². The van der Waals surface area contributed by atoms with Gasteiger partial charge in [0.25, 0.3) is 0 Å². The molecule has 0 saturated carbocycles. The van der Waals surface area contributed by atoms with Crippen molar-refractivity contribution >= 4 is 93.1 Å². The zero-order valence-electron chi connectivity index (χ0n) is 39.0. The molecule has 8 rings (SSSR count). The predicted octanol–water partition coefficient (Wildman–Crippen LogP) is 9.85. The summed E-state index contributed by atoms with van der Waals surface area (Å²) in [5.41, 5.74) is 1.61. The van der Waals surface area contributed by atoms with E-state index in [2.05, 4.69) is 107 Å². The second-order valence-electron chi connectivity index (χ2n) is 20.9. The van der Waals surface area contributed by atoms with Gasteiger partial charge in [-0.05, 0) is 66.0 Å². The van der Waals surface area contributed by atoms with Crippen molar-refractivity contribution < 1.29 is 49.4 Å². The Morgan fingerprint density at radius 3 is 1.00 bits per heavy atom. The minimum Gasteiger partial charge on any atom is -0.373 e. The van der Waals surface area contributed by atoms with Crippen LogP contribution in [0.4, 0.5) is 0 Å². The number of aryl methyl sites for hydroxylation is 1. The number of fused-ring (bicyclic) bond motifs is 1. The van der Waals surface area contributed by atoms with Gasteiger partial charge in [-0.15, -0.1) is 5.10 Å². The molecule has 346 valence electrons. The predicted molar refractivity (Wildman–Crippen MR) is 249 cm³/mol. The van der Waals surface area contributed by atoms with E-state index in [4.69, 9.17) is 61.0 Å². The molecule has 15 nitrogen and oxygen atoms in total. The van der Waals surface area contributed by atoms with E-state index < -0.39 is 70.4 Å². The van der Waals surface area contributed by atoms with E-state index in [1.165, 1.54) is 0 Å². The molecular formula is C37H72ClN3O12Si8. The van der Waals surface area contributed by atoms with Crippen LogP contribution in [0.2, 0.25) is 53.4 Å². The maximum Gasteiger partial charge on any atom is 0.479 e. The molecule has 7 heterocycles. The van der Waals surface area contributed by atoms with Crippen LogP contribution in [0.1, 0.15) is 103 Å². The zero-order valence-corrected chi connectivity index (χ0v) is 47.7. The fraction of sp³-hybridized carbons (Fsp3) is 0.838. The van der Waals surface area contributed by atoms with E-state index >= 15 is 0 Å². The summed E-state index contributed by atoms with van der Waals surface area (Å²) in [6.07, 6.45) is 0.549. The first kappa shape index (κ1) is 49.1. The number of benzene rings is 1. The largest absolute Gasteiger partial charge is 0.479 e. The summed E-state index contributed by atoms with van der Waals surface area (Å²) in [5, 5.41) is 9.56. The second kappa shape index (κ2) is 18.0. The molecule has 6 aliphatic heterocycles. The minimum absolute atomic E-state index is 0.0862. The highest BCUT2D eigenvalue weighted by Gasteiger charge is 2.83. The van der Waals surface area contributed by atoms with Crippen LogP contribution in [0, 0.1) is 41.4 Å².